The Hall–Kier alpha value is -0.540. The quantitative estimate of drug-likeness (QED) is 0.712. The maximum atomic E-state index is 8.58. The molecule has 0 aliphatic carbocycles. The summed E-state index contributed by atoms with van der Waals surface area (Å²) in [6.07, 6.45) is 4.18. The van der Waals surface area contributed by atoms with Gasteiger partial charge in [-0.15, -0.1) is 0 Å². The van der Waals surface area contributed by atoms with Gasteiger partial charge >= 0.3 is 0 Å². The molecule has 15 heavy (non-hydrogen) atoms. The number of ether oxygens (including phenoxy) is 2. The molecule has 0 fully saturated rings. The average Bonchev–Trinajstić information content (AvgIpc) is 2.14. The standard InChI is InChI=1S/C12H22O3/c1-10-4-5-11(12(2,3)15-10)6-8-14-9-7-13/h4,11,13H,5-9H2,1-3H3. The predicted octanol–water partition coefficient (Wildman–Crippen LogP) is 2.10. The van der Waals surface area contributed by atoms with Crippen molar-refractivity contribution in [2.45, 2.75) is 39.2 Å². The second-order valence-electron chi connectivity index (χ2n) is 4.58. The van der Waals surface area contributed by atoms with E-state index in [1.54, 1.807) is 0 Å². The maximum absolute atomic E-state index is 8.58. The molecule has 0 spiro atoms. The van der Waals surface area contributed by atoms with Crippen LogP contribution in [-0.2, 0) is 9.47 Å². The number of aliphatic hydroxyl groups is 1. The van der Waals surface area contributed by atoms with Crippen molar-refractivity contribution in [1.29, 1.82) is 0 Å². The summed E-state index contributed by atoms with van der Waals surface area (Å²) in [4.78, 5) is 0. The third-order valence-corrected chi connectivity index (χ3v) is 2.94. The van der Waals surface area contributed by atoms with Crippen molar-refractivity contribution < 1.29 is 14.6 Å². The van der Waals surface area contributed by atoms with Gasteiger partial charge < -0.3 is 14.6 Å². The lowest BCUT2D eigenvalue weighted by Gasteiger charge is -2.38. The molecule has 1 rings (SSSR count). The Balaban J connectivity index is 2.34. The summed E-state index contributed by atoms with van der Waals surface area (Å²) in [5, 5.41) is 8.58. The van der Waals surface area contributed by atoms with Crippen LogP contribution >= 0.6 is 0 Å². The lowest BCUT2D eigenvalue weighted by atomic mass is 9.83. The van der Waals surface area contributed by atoms with Crippen LogP contribution < -0.4 is 0 Å². The Labute approximate surface area is 92.1 Å². The Morgan fingerprint density at radius 1 is 1.53 bits per heavy atom. The van der Waals surface area contributed by atoms with Crippen LogP contribution in [0.5, 0.6) is 0 Å². The van der Waals surface area contributed by atoms with E-state index in [9.17, 15) is 0 Å². The van der Waals surface area contributed by atoms with Crippen molar-refractivity contribution in [3.05, 3.63) is 11.8 Å². The van der Waals surface area contributed by atoms with Crippen molar-refractivity contribution in [2.24, 2.45) is 5.92 Å². The molecule has 0 saturated carbocycles. The molecule has 0 aromatic heterocycles. The highest BCUT2D eigenvalue weighted by Gasteiger charge is 2.33. The molecule has 0 bridgehead atoms. The largest absolute Gasteiger partial charge is 0.493 e. The molecule has 0 aromatic rings. The molecule has 1 aliphatic rings. The third-order valence-electron chi connectivity index (χ3n) is 2.94. The highest BCUT2D eigenvalue weighted by molar-refractivity contribution is 5.01. The Kier molecular flexibility index (Phi) is 4.61. The minimum absolute atomic E-state index is 0.0958. The molecule has 1 atom stereocenters. The zero-order chi connectivity index (χ0) is 11.3. The number of hydrogen-bond acceptors (Lipinski definition) is 3. The van der Waals surface area contributed by atoms with Crippen LogP contribution in [0.1, 0.15) is 33.6 Å². The molecule has 1 unspecified atom stereocenters. The van der Waals surface area contributed by atoms with E-state index in [2.05, 4.69) is 19.9 Å². The highest BCUT2D eigenvalue weighted by atomic mass is 16.5. The van der Waals surface area contributed by atoms with E-state index in [1.807, 2.05) is 6.92 Å². The average molecular weight is 214 g/mol. The lowest BCUT2D eigenvalue weighted by molar-refractivity contribution is -0.0419. The van der Waals surface area contributed by atoms with E-state index < -0.39 is 0 Å². The first kappa shape index (κ1) is 12.5. The molecule has 0 aromatic carbocycles. The van der Waals surface area contributed by atoms with E-state index in [0.29, 0.717) is 19.1 Å². The maximum Gasteiger partial charge on any atom is 0.106 e. The van der Waals surface area contributed by atoms with Gasteiger partial charge in [0.05, 0.1) is 19.0 Å². The van der Waals surface area contributed by atoms with Gasteiger partial charge in [-0.05, 0) is 39.7 Å². The zero-order valence-electron chi connectivity index (χ0n) is 9.95. The minimum atomic E-state index is -0.0958. The van der Waals surface area contributed by atoms with Gasteiger partial charge in [-0.1, -0.05) is 0 Å². The molecular formula is C12H22O3. The molecule has 0 saturated heterocycles. The number of aliphatic hydroxyl groups excluding tert-OH is 1. The van der Waals surface area contributed by atoms with Crippen LogP contribution in [0.2, 0.25) is 0 Å². The normalized spacial score (nSPS) is 24.5. The number of allylic oxidation sites excluding steroid dienone is 2. The van der Waals surface area contributed by atoms with E-state index in [4.69, 9.17) is 14.6 Å². The second kappa shape index (κ2) is 5.52. The fourth-order valence-electron chi connectivity index (χ4n) is 1.99. The molecule has 0 amide bonds. The van der Waals surface area contributed by atoms with Crippen molar-refractivity contribution in [3.8, 4) is 0 Å². The van der Waals surface area contributed by atoms with Crippen LogP contribution in [0.15, 0.2) is 11.8 Å². The van der Waals surface area contributed by atoms with Gasteiger partial charge in [-0.2, -0.15) is 0 Å². The van der Waals surface area contributed by atoms with E-state index in [0.717, 1.165) is 18.6 Å². The van der Waals surface area contributed by atoms with E-state index in [-0.39, 0.29) is 12.2 Å². The fraction of sp³-hybridized carbons (Fsp3) is 0.833. The number of hydrogen-bond donors (Lipinski definition) is 1. The first-order chi connectivity index (χ1) is 7.06. The van der Waals surface area contributed by atoms with Crippen molar-refractivity contribution >= 4 is 0 Å². The SMILES string of the molecule is CC1=CCC(CCOCCO)C(C)(C)O1. The van der Waals surface area contributed by atoms with Crippen molar-refractivity contribution in [3.63, 3.8) is 0 Å². The van der Waals surface area contributed by atoms with Gasteiger partial charge in [-0.25, -0.2) is 0 Å². The van der Waals surface area contributed by atoms with Gasteiger partial charge in [0.1, 0.15) is 5.60 Å². The lowest BCUT2D eigenvalue weighted by Crippen LogP contribution is -2.37. The van der Waals surface area contributed by atoms with Crippen molar-refractivity contribution in [2.75, 3.05) is 19.8 Å². The summed E-state index contributed by atoms with van der Waals surface area (Å²) in [6, 6.07) is 0. The van der Waals surface area contributed by atoms with Crippen LogP contribution in [0, 0.1) is 5.92 Å². The molecule has 1 heterocycles. The summed E-state index contributed by atoms with van der Waals surface area (Å²) in [5.74, 6) is 1.52. The predicted molar refractivity (Wildman–Crippen MR) is 59.5 cm³/mol. The third kappa shape index (κ3) is 3.84. The van der Waals surface area contributed by atoms with Gasteiger partial charge in [0.2, 0.25) is 0 Å². The second-order valence-corrected chi connectivity index (χ2v) is 4.58. The molecule has 3 nitrogen and oxygen atoms in total. The molecule has 88 valence electrons. The summed E-state index contributed by atoms with van der Waals surface area (Å²) in [6.45, 7) is 7.48. The van der Waals surface area contributed by atoms with Crippen LogP contribution in [0.3, 0.4) is 0 Å². The first-order valence-electron chi connectivity index (χ1n) is 5.60. The van der Waals surface area contributed by atoms with E-state index in [1.165, 1.54) is 0 Å². The Bertz CT molecular complexity index is 221. The minimum Gasteiger partial charge on any atom is -0.493 e. The van der Waals surface area contributed by atoms with Crippen LogP contribution in [0.4, 0.5) is 0 Å². The Morgan fingerprint density at radius 2 is 2.27 bits per heavy atom. The fourth-order valence-corrected chi connectivity index (χ4v) is 1.99. The molecule has 0 radical (unpaired) electrons. The summed E-state index contributed by atoms with van der Waals surface area (Å²) in [7, 11) is 0. The van der Waals surface area contributed by atoms with Gasteiger partial charge in [0.15, 0.2) is 0 Å². The van der Waals surface area contributed by atoms with E-state index >= 15 is 0 Å². The van der Waals surface area contributed by atoms with Crippen LogP contribution in [-0.4, -0.2) is 30.5 Å². The molecule has 1 N–H and O–H groups in total. The monoisotopic (exact) mass is 214 g/mol. The summed E-state index contributed by atoms with van der Waals surface area (Å²) < 4.78 is 11.1. The topological polar surface area (TPSA) is 38.7 Å². The molecular weight excluding hydrogens is 192 g/mol. The smallest absolute Gasteiger partial charge is 0.106 e. The Morgan fingerprint density at radius 3 is 2.87 bits per heavy atom. The molecule has 1 aliphatic heterocycles. The van der Waals surface area contributed by atoms with Gasteiger partial charge in [0.25, 0.3) is 0 Å². The molecule has 3 heteroatoms. The van der Waals surface area contributed by atoms with Gasteiger partial charge in [-0.3, -0.25) is 0 Å². The highest BCUT2D eigenvalue weighted by Crippen LogP contribution is 2.34. The van der Waals surface area contributed by atoms with Crippen molar-refractivity contribution in [1.82, 2.24) is 0 Å². The number of rotatable bonds is 5. The van der Waals surface area contributed by atoms with Crippen LogP contribution in [0.25, 0.3) is 0 Å². The first-order valence-corrected chi connectivity index (χ1v) is 5.60. The summed E-state index contributed by atoms with van der Waals surface area (Å²) in [5.41, 5.74) is -0.0958. The zero-order valence-corrected chi connectivity index (χ0v) is 9.95. The van der Waals surface area contributed by atoms with Gasteiger partial charge in [0, 0.05) is 12.5 Å². The summed E-state index contributed by atoms with van der Waals surface area (Å²) >= 11 is 0.